The van der Waals surface area contributed by atoms with Gasteiger partial charge < -0.3 is 5.32 Å². The fourth-order valence-corrected chi connectivity index (χ4v) is 5.16. The van der Waals surface area contributed by atoms with Crippen LogP contribution in [0.1, 0.15) is 27.6 Å². The van der Waals surface area contributed by atoms with Gasteiger partial charge in [-0.25, -0.2) is 8.42 Å². The highest BCUT2D eigenvalue weighted by molar-refractivity contribution is 7.89. The van der Waals surface area contributed by atoms with Crippen molar-refractivity contribution in [2.24, 2.45) is 5.41 Å². The van der Waals surface area contributed by atoms with Crippen molar-refractivity contribution in [3.63, 3.8) is 0 Å². The third-order valence-electron chi connectivity index (χ3n) is 5.17. The number of rotatable bonds is 2. The van der Waals surface area contributed by atoms with E-state index in [9.17, 15) is 18.0 Å². The van der Waals surface area contributed by atoms with Gasteiger partial charge >= 0.3 is 0 Å². The number of pyridine rings is 1. The molecule has 4 rings (SSSR count). The van der Waals surface area contributed by atoms with Crippen molar-refractivity contribution in [1.29, 1.82) is 0 Å². The van der Waals surface area contributed by atoms with Gasteiger partial charge in [-0.3, -0.25) is 14.6 Å². The summed E-state index contributed by atoms with van der Waals surface area (Å²) in [6.45, 7) is 1.75. The van der Waals surface area contributed by atoms with Crippen molar-refractivity contribution >= 4 is 21.7 Å². The van der Waals surface area contributed by atoms with Crippen molar-refractivity contribution in [3.05, 3.63) is 59.9 Å². The van der Waals surface area contributed by atoms with E-state index in [1.54, 1.807) is 37.3 Å². The highest BCUT2D eigenvalue weighted by Gasteiger charge is 2.54. The number of benzene rings is 1. The Morgan fingerprint density at radius 3 is 2.58 bits per heavy atom. The highest BCUT2D eigenvalue weighted by atomic mass is 32.2. The summed E-state index contributed by atoms with van der Waals surface area (Å²) in [5, 5.41) is 2.84. The van der Waals surface area contributed by atoms with E-state index in [-0.39, 0.29) is 29.7 Å². The summed E-state index contributed by atoms with van der Waals surface area (Å²) in [4.78, 5) is 29.6. The maximum Gasteiger partial charge on any atom is 0.252 e. The predicted octanol–water partition coefficient (Wildman–Crippen LogP) is 1.09. The quantitative estimate of drug-likeness (QED) is 0.852. The van der Waals surface area contributed by atoms with E-state index in [1.807, 2.05) is 0 Å². The van der Waals surface area contributed by atoms with Gasteiger partial charge in [-0.2, -0.15) is 4.31 Å². The molecule has 1 aromatic carbocycles. The second kappa shape index (κ2) is 5.72. The lowest BCUT2D eigenvalue weighted by Gasteiger charge is -2.26. The molecule has 7 nitrogen and oxygen atoms in total. The summed E-state index contributed by atoms with van der Waals surface area (Å²) in [6.07, 6.45) is 2.77. The van der Waals surface area contributed by atoms with Crippen LogP contribution in [-0.4, -0.2) is 48.5 Å². The summed E-state index contributed by atoms with van der Waals surface area (Å²) in [5.41, 5.74) is -0.372. The lowest BCUT2D eigenvalue weighted by atomic mass is 9.78. The van der Waals surface area contributed by atoms with E-state index in [0.29, 0.717) is 11.1 Å². The Morgan fingerprint density at radius 2 is 1.88 bits per heavy atom. The molecule has 1 aromatic heterocycles. The first-order valence-electron chi connectivity index (χ1n) is 8.19. The smallest absolute Gasteiger partial charge is 0.252 e. The molecule has 1 saturated heterocycles. The number of nitrogens with one attached hydrogen (secondary N) is 1. The minimum absolute atomic E-state index is 0.00232. The predicted molar refractivity (Wildman–Crippen MR) is 93.1 cm³/mol. The van der Waals surface area contributed by atoms with E-state index >= 15 is 0 Å². The Kier molecular flexibility index (Phi) is 3.71. The van der Waals surface area contributed by atoms with Crippen LogP contribution in [-0.2, 0) is 10.0 Å². The fraction of sp³-hybridized carbons (Fsp3) is 0.278. The van der Waals surface area contributed by atoms with Crippen molar-refractivity contribution in [2.75, 3.05) is 13.1 Å². The number of nitrogens with zero attached hydrogens (tertiary/aromatic N) is 2. The van der Waals surface area contributed by atoms with Crippen molar-refractivity contribution in [2.45, 2.75) is 17.9 Å². The first-order chi connectivity index (χ1) is 12.3. The van der Waals surface area contributed by atoms with Crippen LogP contribution in [0, 0.1) is 5.41 Å². The van der Waals surface area contributed by atoms with Gasteiger partial charge in [0.05, 0.1) is 17.0 Å². The standard InChI is InChI=1S/C18H17N3O4S/c1-18-11-21(26(24,25)12-5-4-8-19-9-12)10-15(18)20-17(23)14-7-3-2-6-13(14)16(18)22/h2-9,15H,10-11H2,1H3,(H,20,23)/t15-,18+/m1/s1. The third-order valence-corrected chi connectivity index (χ3v) is 6.97. The molecule has 0 saturated carbocycles. The highest BCUT2D eigenvalue weighted by Crippen LogP contribution is 2.39. The monoisotopic (exact) mass is 371 g/mol. The molecule has 2 aromatic rings. The summed E-state index contributed by atoms with van der Waals surface area (Å²) >= 11 is 0. The Balaban J connectivity index is 1.75. The number of carbonyl (C=O) groups excluding carboxylic acids is 2. The Morgan fingerprint density at radius 1 is 1.15 bits per heavy atom. The largest absolute Gasteiger partial charge is 0.347 e. The minimum atomic E-state index is -3.80. The molecule has 26 heavy (non-hydrogen) atoms. The lowest BCUT2D eigenvalue weighted by Crippen LogP contribution is -2.47. The molecule has 0 unspecified atom stereocenters. The van der Waals surface area contributed by atoms with Gasteiger partial charge in [0.1, 0.15) is 4.90 Å². The van der Waals surface area contributed by atoms with Crippen molar-refractivity contribution < 1.29 is 18.0 Å². The summed E-state index contributed by atoms with van der Waals surface area (Å²) in [5.74, 6) is -0.580. The third kappa shape index (κ3) is 2.37. The minimum Gasteiger partial charge on any atom is -0.347 e. The van der Waals surface area contributed by atoms with Crippen molar-refractivity contribution in [3.8, 4) is 0 Å². The normalized spacial score (nSPS) is 26.0. The average molecular weight is 371 g/mol. The van der Waals surface area contributed by atoms with E-state index in [0.717, 1.165) is 0 Å². The number of carbonyl (C=O) groups is 2. The van der Waals surface area contributed by atoms with Gasteiger partial charge in [0.25, 0.3) is 5.91 Å². The molecule has 0 bridgehead atoms. The first-order valence-corrected chi connectivity index (χ1v) is 9.63. The van der Waals surface area contributed by atoms with E-state index in [1.165, 1.54) is 22.8 Å². The molecular formula is C18H17N3O4S. The number of ketones is 1. The number of Topliss-reactive ketones (excluding diaryl/α,β-unsaturated/α-hetero) is 1. The van der Waals surface area contributed by atoms with Crippen LogP contribution in [0.4, 0.5) is 0 Å². The van der Waals surface area contributed by atoms with Gasteiger partial charge in [0.2, 0.25) is 10.0 Å². The molecule has 2 aliphatic heterocycles. The molecular weight excluding hydrogens is 354 g/mol. The number of hydrogen-bond donors (Lipinski definition) is 1. The maximum atomic E-state index is 13.2. The number of sulfonamides is 1. The van der Waals surface area contributed by atoms with Gasteiger partial charge in [-0.1, -0.05) is 18.2 Å². The molecule has 0 aliphatic carbocycles. The second-order valence-corrected chi connectivity index (χ2v) is 8.74. The zero-order chi connectivity index (χ0) is 18.5. The summed E-state index contributed by atoms with van der Waals surface area (Å²) in [6, 6.07) is 9.04. The van der Waals surface area contributed by atoms with Crippen LogP contribution in [0.3, 0.4) is 0 Å². The number of amides is 1. The molecule has 0 radical (unpaired) electrons. The topological polar surface area (TPSA) is 96.4 Å². The molecule has 1 N–H and O–H groups in total. The molecule has 2 atom stereocenters. The van der Waals surface area contributed by atoms with Crippen LogP contribution in [0.2, 0.25) is 0 Å². The van der Waals surface area contributed by atoms with Gasteiger partial charge in [0.15, 0.2) is 5.78 Å². The molecule has 1 amide bonds. The van der Waals surface area contributed by atoms with E-state index in [4.69, 9.17) is 0 Å². The van der Waals surface area contributed by atoms with Crippen LogP contribution in [0.25, 0.3) is 0 Å². The molecule has 2 aliphatic rings. The average Bonchev–Trinajstić information content (AvgIpc) is 2.97. The van der Waals surface area contributed by atoms with Gasteiger partial charge in [-0.05, 0) is 25.1 Å². The zero-order valence-corrected chi connectivity index (χ0v) is 14.9. The maximum absolute atomic E-state index is 13.2. The van der Waals surface area contributed by atoms with Crippen LogP contribution < -0.4 is 5.32 Å². The molecule has 134 valence electrons. The van der Waals surface area contributed by atoms with Crippen molar-refractivity contribution in [1.82, 2.24) is 14.6 Å². The van der Waals surface area contributed by atoms with Crippen LogP contribution in [0.15, 0.2) is 53.7 Å². The Labute approximate surface area is 151 Å². The lowest BCUT2D eigenvalue weighted by molar-refractivity contribution is 0.0796. The van der Waals surface area contributed by atoms with Crippen LogP contribution in [0.5, 0.6) is 0 Å². The van der Waals surface area contributed by atoms with E-state index in [2.05, 4.69) is 10.3 Å². The Hall–Kier alpha value is -2.58. The SMILES string of the molecule is C[C@]12CN(S(=O)(=O)c3cccnc3)C[C@H]1NC(=O)c1ccccc1C2=O. The van der Waals surface area contributed by atoms with Crippen LogP contribution >= 0.6 is 0 Å². The van der Waals surface area contributed by atoms with Gasteiger partial charge in [0, 0.05) is 31.0 Å². The molecule has 0 spiro atoms. The fourth-order valence-electron chi connectivity index (χ4n) is 3.64. The molecule has 8 heteroatoms. The molecule has 1 fully saturated rings. The zero-order valence-electron chi connectivity index (χ0n) is 14.0. The number of fused-ring (bicyclic) bond motifs is 2. The van der Waals surface area contributed by atoms with Gasteiger partial charge in [-0.15, -0.1) is 0 Å². The summed E-state index contributed by atoms with van der Waals surface area (Å²) < 4.78 is 27.1. The van der Waals surface area contributed by atoms with E-state index < -0.39 is 21.5 Å². The second-order valence-electron chi connectivity index (χ2n) is 6.80. The number of aromatic nitrogens is 1. The first kappa shape index (κ1) is 16.9. The summed E-state index contributed by atoms with van der Waals surface area (Å²) in [7, 11) is -3.80. The molecule has 3 heterocycles. The Bertz CT molecular complexity index is 1010. The number of hydrogen-bond acceptors (Lipinski definition) is 5.